The lowest BCUT2D eigenvalue weighted by molar-refractivity contribution is -0.111. The van der Waals surface area contributed by atoms with E-state index in [2.05, 4.69) is 21.2 Å². The Hall–Kier alpha value is -2.27. The van der Waals surface area contributed by atoms with Crippen molar-refractivity contribution in [3.63, 3.8) is 0 Å². The Balaban J connectivity index is 2.15. The van der Waals surface area contributed by atoms with Gasteiger partial charge in [0.2, 0.25) is 5.91 Å². The fraction of sp³-hybridized carbons (Fsp3) is 0.211. The van der Waals surface area contributed by atoms with Crippen molar-refractivity contribution in [2.24, 2.45) is 0 Å². The van der Waals surface area contributed by atoms with Gasteiger partial charge in [-0.1, -0.05) is 17.7 Å². The summed E-state index contributed by atoms with van der Waals surface area (Å²) in [6.45, 7) is 3.99. The second-order valence-electron chi connectivity index (χ2n) is 5.38. The fourth-order valence-corrected chi connectivity index (χ4v) is 2.96. The van der Waals surface area contributed by atoms with Gasteiger partial charge in [0, 0.05) is 11.8 Å². The topological polar surface area (TPSA) is 47.6 Å². The minimum Gasteiger partial charge on any atom is -0.493 e. The van der Waals surface area contributed by atoms with Crippen LogP contribution in [0.2, 0.25) is 0 Å². The molecule has 2 aromatic carbocycles. The summed E-state index contributed by atoms with van der Waals surface area (Å²) >= 11 is 3.44. The van der Waals surface area contributed by atoms with Crippen LogP contribution in [0, 0.1) is 13.8 Å². The minimum absolute atomic E-state index is 0.187. The molecule has 1 amide bonds. The number of hydrogen-bond acceptors (Lipinski definition) is 3. The summed E-state index contributed by atoms with van der Waals surface area (Å²) in [6.07, 6.45) is 3.22. The van der Waals surface area contributed by atoms with Crippen molar-refractivity contribution in [2.75, 3.05) is 19.5 Å². The molecule has 0 heterocycles. The molecule has 0 saturated carbocycles. The lowest BCUT2D eigenvalue weighted by atomic mass is 10.1. The van der Waals surface area contributed by atoms with Gasteiger partial charge in [-0.05, 0) is 65.2 Å². The zero-order valence-corrected chi connectivity index (χ0v) is 15.7. The summed E-state index contributed by atoms with van der Waals surface area (Å²) in [5, 5.41) is 2.88. The zero-order chi connectivity index (χ0) is 17.7. The number of hydrogen-bond donors (Lipinski definition) is 1. The predicted molar refractivity (Wildman–Crippen MR) is 101 cm³/mol. The number of aryl methyl sites for hydroxylation is 2. The molecule has 5 heteroatoms. The monoisotopic (exact) mass is 389 g/mol. The van der Waals surface area contributed by atoms with E-state index in [0.29, 0.717) is 11.5 Å². The van der Waals surface area contributed by atoms with Crippen LogP contribution in [-0.2, 0) is 4.79 Å². The lowest BCUT2D eigenvalue weighted by Gasteiger charge is -2.10. The molecule has 0 bridgehead atoms. The highest BCUT2D eigenvalue weighted by Gasteiger charge is 2.09. The zero-order valence-electron chi connectivity index (χ0n) is 14.1. The minimum atomic E-state index is -0.187. The SMILES string of the molecule is COc1cc(/C=C/C(=O)Nc2ccc(C)cc2C)cc(Br)c1OC. The normalized spacial score (nSPS) is 10.7. The van der Waals surface area contributed by atoms with Gasteiger partial charge in [0.15, 0.2) is 11.5 Å². The number of ether oxygens (including phenoxy) is 2. The maximum absolute atomic E-state index is 12.1. The van der Waals surface area contributed by atoms with Crippen LogP contribution in [0.5, 0.6) is 11.5 Å². The maximum atomic E-state index is 12.1. The molecule has 126 valence electrons. The van der Waals surface area contributed by atoms with E-state index in [0.717, 1.165) is 26.9 Å². The second kappa shape index (κ2) is 8.02. The van der Waals surface area contributed by atoms with Gasteiger partial charge in [-0.2, -0.15) is 0 Å². The van der Waals surface area contributed by atoms with Crippen LogP contribution in [0.15, 0.2) is 40.9 Å². The molecular weight excluding hydrogens is 370 g/mol. The van der Waals surface area contributed by atoms with Crippen LogP contribution in [0.3, 0.4) is 0 Å². The Labute approximate surface area is 150 Å². The van der Waals surface area contributed by atoms with Gasteiger partial charge in [0.05, 0.1) is 18.7 Å². The molecule has 0 aliphatic rings. The Morgan fingerprint density at radius 1 is 1.12 bits per heavy atom. The summed E-state index contributed by atoms with van der Waals surface area (Å²) in [4.78, 5) is 12.1. The number of halogens is 1. The average molecular weight is 390 g/mol. The van der Waals surface area contributed by atoms with Crippen LogP contribution in [-0.4, -0.2) is 20.1 Å². The number of carbonyl (C=O) groups excluding carboxylic acids is 1. The Kier molecular flexibility index (Phi) is 6.04. The quantitative estimate of drug-likeness (QED) is 0.751. The van der Waals surface area contributed by atoms with Crippen molar-refractivity contribution in [3.8, 4) is 11.5 Å². The molecule has 4 nitrogen and oxygen atoms in total. The van der Waals surface area contributed by atoms with E-state index < -0.39 is 0 Å². The number of carbonyl (C=O) groups is 1. The smallest absolute Gasteiger partial charge is 0.248 e. The number of anilines is 1. The van der Waals surface area contributed by atoms with Crippen molar-refractivity contribution >= 4 is 33.6 Å². The van der Waals surface area contributed by atoms with E-state index in [1.54, 1.807) is 20.3 Å². The summed E-state index contributed by atoms with van der Waals surface area (Å²) in [5.74, 6) is 1.03. The molecule has 0 saturated heterocycles. The molecule has 0 aliphatic heterocycles. The highest BCUT2D eigenvalue weighted by molar-refractivity contribution is 9.10. The van der Waals surface area contributed by atoms with Crippen molar-refractivity contribution in [2.45, 2.75) is 13.8 Å². The summed E-state index contributed by atoms with van der Waals surface area (Å²) in [6, 6.07) is 9.58. The summed E-state index contributed by atoms with van der Waals surface area (Å²) < 4.78 is 11.3. The number of rotatable bonds is 5. The van der Waals surface area contributed by atoms with Gasteiger partial charge < -0.3 is 14.8 Å². The first-order valence-electron chi connectivity index (χ1n) is 7.42. The molecule has 0 spiro atoms. The molecule has 2 rings (SSSR count). The van der Waals surface area contributed by atoms with Crippen molar-refractivity contribution in [3.05, 3.63) is 57.6 Å². The summed E-state index contributed by atoms with van der Waals surface area (Å²) in [5.41, 5.74) is 3.83. The van der Waals surface area contributed by atoms with E-state index in [1.165, 1.54) is 6.08 Å². The third-order valence-electron chi connectivity index (χ3n) is 3.52. The Morgan fingerprint density at radius 2 is 1.88 bits per heavy atom. The molecule has 0 atom stereocenters. The average Bonchev–Trinajstić information content (AvgIpc) is 2.55. The van der Waals surface area contributed by atoms with Gasteiger partial charge in [0.25, 0.3) is 0 Å². The first-order chi connectivity index (χ1) is 11.4. The molecule has 2 aromatic rings. The van der Waals surface area contributed by atoms with Crippen LogP contribution in [0.25, 0.3) is 6.08 Å². The molecule has 0 radical (unpaired) electrons. The maximum Gasteiger partial charge on any atom is 0.248 e. The molecule has 0 aliphatic carbocycles. The van der Waals surface area contributed by atoms with Crippen LogP contribution >= 0.6 is 15.9 Å². The van der Waals surface area contributed by atoms with Gasteiger partial charge in [-0.25, -0.2) is 0 Å². The largest absolute Gasteiger partial charge is 0.493 e. The highest BCUT2D eigenvalue weighted by Crippen LogP contribution is 2.36. The van der Waals surface area contributed by atoms with E-state index >= 15 is 0 Å². The van der Waals surface area contributed by atoms with Crippen molar-refractivity contribution < 1.29 is 14.3 Å². The van der Waals surface area contributed by atoms with Gasteiger partial charge in [-0.15, -0.1) is 0 Å². The number of methoxy groups -OCH3 is 2. The highest BCUT2D eigenvalue weighted by atomic mass is 79.9. The second-order valence-corrected chi connectivity index (χ2v) is 6.23. The standard InChI is InChI=1S/C19H20BrNO3/c1-12-5-7-16(13(2)9-12)21-18(22)8-6-14-10-15(20)19(24-4)17(11-14)23-3/h5-11H,1-4H3,(H,21,22)/b8-6+. The fourth-order valence-electron chi connectivity index (χ4n) is 2.33. The lowest BCUT2D eigenvalue weighted by Crippen LogP contribution is -2.08. The van der Waals surface area contributed by atoms with Gasteiger partial charge >= 0.3 is 0 Å². The van der Waals surface area contributed by atoms with Gasteiger partial charge in [0.1, 0.15) is 0 Å². The van der Waals surface area contributed by atoms with Crippen molar-refractivity contribution in [1.82, 2.24) is 0 Å². The third kappa shape index (κ3) is 4.38. The van der Waals surface area contributed by atoms with E-state index in [-0.39, 0.29) is 5.91 Å². The van der Waals surface area contributed by atoms with Gasteiger partial charge in [-0.3, -0.25) is 4.79 Å². The third-order valence-corrected chi connectivity index (χ3v) is 4.11. The van der Waals surface area contributed by atoms with E-state index in [4.69, 9.17) is 9.47 Å². The summed E-state index contributed by atoms with van der Waals surface area (Å²) in [7, 11) is 3.15. The Bertz CT molecular complexity index is 784. The molecular formula is C19H20BrNO3. The van der Waals surface area contributed by atoms with Crippen LogP contribution < -0.4 is 14.8 Å². The molecule has 24 heavy (non-hydrogen) atoms. The number of nitrogens with one attached hydrogen (secondary N) is 1. The van der Waals surface area contributed by atoms with E-state index in [1.807, 2.05) is 44.2 Å². The first kappa shape index (κ1) is 18.1. The van der Waals surface area contributed by atoms with Crippen molar-refractivity contribution in [1.29, 1.82) is 0 Å². The molecule has 0 fully saturated rings. The predicted octanol–water partition coefficient (Wildman–Crippen LogP) is 4.74. The molecule has 0 aromatic heterocycles. The first-order valence-corrected chi connectivity index (χ1v) is 8.21. The number of amides is 1. The van der Waals surface area contributed by atoms with E-state index in [9.17, 15) is 4.79 Å². The number of benzene rings is 2. The molecule has 1 N–H and O–H groups in total. The van der Waals surface area contributed by atoms with Crippen LogP contribution in [0.4, 0.5) is 5.69 Å². The molecule has 0 unspecified atom stereocenters. The van der Waals surface area contributed by atoms with Crippen LogP contribution in [0.1, 0.15) is 16.7 Å². The Morgan fingerprint density at radius 3 is 2.50 bits per heavy atom.